The summed E-state index contributed by atoms with van der Waals surface area (Å²) in [6.07, 6.45) is 0. The smallest absolute Gasteiger partial charge is 0.127 e. The fourth-order valence-electron chi connectivity index (χ4n) is 6.34. The average Bonchev–Trinajstić information content (AvgIpc) is 2.53. The van der Waals surface area contributed by atoms with E-state index in [-0.39, 0.29) is 22.7 Å². The van der Waals surface area contributed by atoms with Crippen LogP contribution in [0.2, 0.25) is 0 Å². The van der Waals surface area contributed by atoms with Crippen LogP contribution in [0.1, 0.15) is 126 Å². The first kappa shape index (κ1) is 26.3. The monoisotopic (exact) mass is 438 g/mol. The Balaban J connectivity index is 3.28. The first-order valence-electron chi connectivity index (χ1n) is 12.1. The number of phenols is 2. The van der Waals surface area contributed by atoms with Gasteiger partial charge in [-0.1, -0.05) is 69.2 Å². The minimum atomic E-state index is -0.0811. The van der Waals surface area contributed by atoms with Crippen LogP contribution in [0.25, 0.3) is 11.1 Å². The molecular formula is C30H46O2. The molecule has 2 N–H and O–H groups in total. The van der Waals surface area contributed by atoms with Gasteiger partial charge in [0.1, 0.15) is 11.5 Å². The quantitative estimate of drug-likeness (QED) is 0.502. The molecule has 0 heterocycles. The van der Waals surface area contributed by atoms with E-state index >= 15 is 0 Å². The van der Waals surface area contributed by atoms with E-state index in [1.165, 1.54) is 11.1 Å². The van der Waals surface area contributed by atoms with Crippen molar-refractivity contribution < 1.29 is 10.2 Å². The van der Waals surface area contributed by atoms with Crippen molar-refractivity contribution >= 4 is 0 Å². The van der Waals surface area contributed by atoms with E-state index in [0.29, 0.717) is 11.5 Å². The van der Waals surface area contributed by atoms with E-state index in [1.54, 1.807) is 0 Å². The summed E-state index contributed by atoms with van der Waals surface area (Å²) in [4.78, 5) is 0. The molecular weight excluding hydrogens is 392 g/mol. The summed E-state index contributed by atoms with van der Waals surface area (Å²) in [5.41, 5.74) is 10.4. The molecule has 0 unspecified atom stereocenters. The average molecular weight is 439 g/mol. The first-order valence-corrected chi connectivity index (χ1v) is 12.1. The van der Waals surface area contributed by atoms with Gasteiger partial charge in [-0.2, -0.15) is 0 Å². The van der Waals surface area contributed by atoms with Crippen LogP contribution in [0.3, 0.4) is 0 Å². The van der Waals surface area contributed by atoms with Gasteiger partial charge in [0.15, 0.2) is 0 Å². The summed E-state index contributed by atoms with van der Waals surface area (Å²) >= 11 is 0. The molecule has 0 saturated heterocycles. The van der Waals surface area contributed by atoms with Gasteiger partial charge in [0.2, 0.25) is 0 Å². The van der Waals surface area contributed by atoms with Crippen molar-refractivity contribution in [1.29, 1.82) is 0 Å². The molecule has 0 aliphatic carbocycles. The minimum Gasteiger partial charge on any atom is -0.507 e. The predicted octanol–water partition coefficient (Wildman–Crippen LogP) is 8.84. The van der Waals surface area contributed by atoms with Gasteiger partial charge in [0.25, 0.3) is 0 Å². The van der Waals surface area contributed by atoms with E-state index in [2.05, 4.69) is 96.9 Å². The van der Waals surface area contributed by atoms with Crippen LogP contribution >= 0.6 is 0 Å². The van der Waals surface area contributed by atoms with Gasteiger partial charge in [-0.05, 0) is 83.7 Å². The molecule has 32 heavy (non-hydrogen) atoms. The van der Waals surface area contributed by atoms with Crippen LogP contribution in [0.5, 0.6) is 11.5 Å². The van der Waals surface area contributed by atoms with Gasteiger partial charge in [-0.3, -0.25) is 0 Å². The maximum atomic E-state index is 11.7. The van der Waals surface area contributed by atoms with E-state index in [9.17, 15) is 10.2 Å². The molecule has 2 nitrogen and oxygen atoms in total. The second-order valence-electron chi connectivity index (χ2n) is 12.3. The number of hydrogen-bond donors (Lipinski definition) is 2. The maximum absolute atomic E-state index is 11.7. The summed E-state index contributed by atoms with van der Waals surface area (Å²) in [5, 5.41) is 23.4. The Kier molecular flexibility index (Phi) is 6.93. The van der Waals surface area contributed by atoms with Crippen LogP contribution < -0.4 is 0 Å². The van der Waals surface area contributed by atoms with Crippen LogP contribution in [0.4, 0.5) is 0 Å². The molecule has 0 radical (unpaired) electrons. The Morgan fingerprint density at radius 3 is 0.938 bits per heavy atom. The molecule has 0 aliphatic rings. The molecule has 2 heteroatoms. The molecule has 0 bridgehead atoms. The molecule has 0 aliphatic heterocycles. The number of benzene rings is 2. The fourth-order valence-corrected chi connectivity index (χ4v) is 6.34. The zero-order valence-electron chi connectivity index (χ0n) is 23.0. The van der Waals surface area contributed by atoms with Crippen molar-refractivity contribution in [1.82, 2.24) is 0 Å². The third kappa shape index (κ3) is 4.18. The van der Waals surface area contributed by atoms with Crippen LogP contribution in [0, 0.1) is 27.7 Å². The number of rotatable bonds is 3. The molecule has 0 aromatic heterocycles. The molecule has 0 spiro atoms. The lowest BCUT2D eigenvalue weighted by molar-refractivity contribution is 0.454. The molecule has 0 saturated carbocycles. The van der Waals surface area contributed by atoms with Crippen molar-refractivity contribution in [2.45, 2.75) is 120 Å². The summed E-state index contributed by atoms with van der Waals surface area (Å²) in [6, 6.07) is 0. The summed E-state index contributed by atoms with van der Waals surface area (Å²) in [6.45, 7) is 30.4. The molecule has 2 aromatic rings. The highest BCUT2D eigenvalue weighted by Crippen LogP contribution is 2.52. The zero-order valence-corrected chi connectivity index (χ0v) is 23.0. The molecule has 0 atom stereocenters. The Morgan fingerprint density at radius 2 is 0.750 bits per heavy atom. The second-order valence-corrected chi connectivity index (χ2v) is 12.3. The van der Waals surface area contributed by atoms with E-state index in [0.717, 1.165) is 44.5 Å². The molecule has 178 valence electrons. The van der Waals surface area contributed by atoms with Crippen molar-refractivity contribution in [3.8, 4) is 22.6 Å². The summed E-state index contributed by atoms with van der Waals surface area (Å²) < 4.78 is 0. The van der Waals surface area contributed by atoms with E-state index < -0.39 is 0 Å². The minimum absolute atomic E-state index is 0.0811. The zero-order chi connectivity index (χ0) is 25.1. The second kappa shape index (κ2) is 8.43. The summed E-state index contributed by atoms with van der Waals surface area (Å²) in [5.74, 6) is 0.990. The lowest BCUT2D eigenvalue weighted by Gasteiger charge is -2.33. The van der Waals surface area contributed by atoms with Crippen LogP contribution in [0.15, 0.2) is 0 Å². The van der Waals surface area contributed by atoms with Crippen molar-refractivity contribution in [2.24, 2.45) is 0 Å². The Morgan fingerprint density at radius 1 is 0.500 bits per heavy atom. The normalized spacial score (nSPS) is 12.9. The standard InChI is InChI=1S/C30H46O2/c1-15(2)21-17(5)25(29(9,10)11)19(7)23(27(21)31)24-20(8)26(30(12,13)14)18(6)22(16(3)4)28(24)32/h15-16,31-32H,1-14H3. The van der Waals surface area contributed by atoms with Gasteiger partial charge in [-0.15, -0.1) is 0 Å². The number of aromatic hydroxyl groups is 2. The van der Waals surface area contributed by atoms with Crippen molar-refractivity contribution in [3.05, 3.63) is 44.5 Å². The van der Waals surface area contributed by atoms with Gasteiger partial charge < -0.3 is 10.2 Å². The van der Waals surface area contributed by atoms with Gasteiger partial charge >= 0.3 is 0 Å². The highest BCUT2D eigenvalue weighted by molar-refractivity contribution is 5.87. The van der Waals surface area contributed by atoms with Gasteiger partial charge in [0.05, 0.1) is 0 Å². The molecule has 0 fully saturated rings. The number of hydrogen-bond acceptors (Lipinski definition) is 2. The summed E-state index contributed by atoms with van der Waals surface area (Å²) in [7, 11) is 0. The SMILES string of the molecule is Cc1c(-c2c(C)c(C(C)(C)C)c(C)c(C(C)C)c2O)c(O)c(C(C)C)c(C)c1C(C)(C)C. The van der Waals surface area contributed by atoms with Gasteiger partial charge in [0, 0.05) is 22.3 Å². The highest BCUT2D eigenvalue weighted by atomic mass is 16.3. The fraction of sp³-hybridized carbons (Fsp3) is 0.600. The lowest BCUT2D eigenvalue weighted by atomic mass is 9.71. The van der Waals surface area contributed by atoms with Crippen molar-refractivity contribution in [2.75, 3.05) is 0 Å². The number of phenolic OH excluding ortho intramolecular Hbond substituents is 2. The third-order valence-electron chi connectivity index (χ3n) is 6.95. The predicted molar refractivity (Wildman–Crippen MR) is 140 cm³/mol. The Labute approximate surface area is 197 Å². The first-order chi connectivity index (χ1) is 14.4. The molecule has 2 rings (SSSR count). The Hall–Kier alpha value is -1.96. The largest absolute Gasteiger partial charge is 0.507 e. The third-order valence-corrected chi connectivity index (χ3v) is 6.95. The van der Waals surface area contributed by atoms with Crippen LogP contribution in [-0.4, -0.2) is 10.2 Å². The van der Waals surface area contributed by atoms with Crippen molar-refractivity contribution in [3.63, 3.8) is 0 Å². The van der Waals surface area contributed by atoms with E-state index in [4.69, 9.17) is 0 Å². The maximum Gasteiger partial charge on any atom is 0.127 e. The molecule has 2 aromatic carbocycles. The molecule has 0 amide bonds. The Bertz CT molecular complexity index is 953. The highest BCUT2D eigenvalue weighted by Gasteiger charge is 2.33. The van der Waals surface area contributed by atoms with Crippen LogP contribution in [-0.2, 0) is 10.8 Å². The van der Waals surface area contributed by atoms with E-state index in [1.807, 2.05) is 0 Å². The topological polar surface area (TPSA) is 40.5 Å². The van der Waals surface area contributed by atoms with Gasteiger partial charge in [-0.25, -0.2) is 0 Å². The lowest BCUT2D eigenvalue weighted by Crippen LogP contribution is -2.20.